The summed E-state index contributed by atoms with van der Waals surface area (Å²) in [6.07, 6.45) is -2.38. The third-order valence-electron chi connectivity index (χ3n) is 5.20. The average Bonchev–Trinajstić information content (AvgIpc) is 2.71. The van der Waals surface area contributed by atoms with Gasteiger partial charge in [-0.3, -0.25) is 4.79 Å². The van der Waals surface area contributed by atoms with E-state index in [0.29, 0.717) is 32.5 Å². The van der Waals surface area contributed by atoms with Gasteiger partial charge in [0.15, 0.2) is 0 Å². The molecule has 2 heterocycles. The van der Waals surface area contributed by atoms with Crippen LogP contribution in [-0.4, -0.2) is 29.0 Å². The van der Waals surface area contributed by atoms with Crippen molar-refractivity contribution in [1.29, 1.82) is 0 Å². The van der Waals surface area contributed by atoms with Gasteiger partial charge in [0, 0.05) is 31.6 Å². The number of aryl methyl sites for hydroxylation is 2. The summed E-state index contributed by atoms with van der Waals surface area (Å²) in [7, 11) is 0. The number of nitrogens with one attached hydrogen (secondary N) is 1. The lowest BCUT2D eigenvalue weighted by molar-refractivity contribution is -0.141. The summed E-state index contributed by atoms with van der Waals surface area (Å²) in [5.41, 5.74) is 1.36. The molecule has 1 aromatic heterocycles. The molecule has 0 bridgehead atoms. The second kappa shape index (κ2) is 8.80. The Morgan fingerprint density at radius 2 is 1.76 bits per heavy atom. The number of benzene rings is 1. The van der Waals surface area contributed by atoms with Gasteiger partial charge in [-0.05, 0) is 37.3 Å². The van der Waals surface area contributed by atoms with Crippen molar-refractivity contribution in [2.75, 3.05) is 18.0 Å². The molecule has 3 rings (SSSR count). The van der Waals surface area contributed by atoms with Gasteiger partial charge in [-0.25, -0.2) is 9.97 Å². The first-order chi connectivity index (χ1) is 13.8. The lowest BCUT2D eigenvalue weighted by Gasteiger charge is -2.32. The number of anilines is 1. The zero-order valence-electron chi connectivity index (χ0n) is 16.6. The molecule has 1 aliphatic rings. The smallest absolute Gasteiger partial charge is 0.356 e. The maximum absolute atomic E-state index is 13.0. The zero-order valence-corrected chi connectivity index (χ0v) is 16.6. The van der Waals surface area contributed by atoms with Crippen LogP contribution in [0.3, 0.4) is 0 Å². The van der Waals surface area contributed by atoms with Crippen molar-refractivity contribution in [3.8, 4) is 0 Å². The van der Waals surface area contributed by atoms with Crippen molar-refractivity contribution < 1.29 is 18.0 Å². The molecule has 1 N–H and O–H groups in total. The second-order valence-electron chi connectivity index (χ2n) is 7.31. The third kappa shape index (κ3) is 5.46. The lowest BCUT2D eigenvalue weighted by Crippen LogP contribution is -2.40. The maximum atomic E-state index is 13.0. The molecule has 2 aromatic rings. The summed E-state index contributed by atoms with van der Waals surface area (Å²) < 4.78 is 39.0. The molecule has 1 fully saturated rings. The van der Waals surface area contributed by atoms with E-state index < -0.39 is 11.9 Å². The van der Waals surface area contributed by atoms with Crippen molar-refractivity contribution in [2.24, 2.45) is 5.92 Å². The quantitative estimate of drug-likeness (QED) is 0.818. The minimum Gasteiger partial charge on any atom is -0.356 e. The third-order valence-corrected chi connectivity index (χ3v) is 5.20. The Kier molecular flexibility index (Phi) is 6.39. The summed E-state index contributed by atoms with van der Waals surface area (Å²) in [6.45, 7) is 4.99. The molecule has 0 aliphatic carbocycles. The second-order valence-corrected chi connectivity index (χ2v) is 7.31. The van der Waals surface area contributed by atoms with Crippen LogP contribution in [0.1, 0.15) is 42.4 Å². The highest BCUT2D eigenvalue weighted by atomic mass is 19.4. The van der Waals surface area contributed by atoms with Crippen molar-refractivity contribution in [1.82, 2.24) is 15.3 Å². The number of hydrogen-bond acceptors (Lipinski definition) is 4. The van der Waals surface area contributed by atoms with E-state index in [1.54, 1.807) is 4.90 Å². The van der Waals surface area contributed by atoms with Crippen LogP contribution in [-0.2, 0) is 23.9 Å². The number of piperidine rings is 1. The van der Waals surface area contributed by atoms with Crippen LogP contribution in [0.5, 0.6) is 0 Å². The molecule has 0 saturated carbocycles. The summed E-state index contributed by atoms with van der Waals surface area (Å²) in [5.74, 6) is 0.189. The number of aromatic nitrogens is 2. The molecular weight excluding hydrogens is 381 g/mol. The largest absolute Gasteiger partial charge is 0.433 e. The molecule has 0 spiro atoms. The summed E-state index contributed by atoms with van der Waals surface area (Å²) in [6, 6.07) is 9.11. The fourth-order valence-electron chi connectivity index (χ4n) is 3.46. The summed E-state index contributed by atoms with van der Waals surface area (Å²) >= 11 is 0. The molecule has 0 unspecified atom stereocenters. The normalized spacial score (nSPS) is 15.4. The first-order valence-electron chi connectivity index (χ1n) is 9.79. The molecule has 29 heavy (non-hydrogen) atoms. The number of amides is 1. The van der Waals surface area contributed by atoms with E-state index in [4.69, 9.17) is 0 Å². The number of halogens is 3. The van der Waals surface area contributed by atoms with E-state index in [2.05, 4.69) is 34.3 Å². The van der Waals surface area contributed by atoms with Gasteiger partial charge in [0.2, 0.25) is 5.91 Å². The molecule has 5 nitrogen and oxygen atoms in total. The monoisotopic (exact) mass is 406 g/mol. The van der Waals surface area contributed by atoms with E-state index in [1.165, 1.54) is 12.5 Å². The van der Waals surface area contributed by atoms with Crippen LogP contribution < -0.4 is 10.2 Å². The van der Waals surface area contributed by atoms with E-state index in [1.807, 2.05) is 12.1 Å². The number of hydrogen-bond donors (Lipinski definition) is 1. The Labute approximate surface area is 168 Å². The first kappa shape index (κ1) is 21.1. The topological polar surface area (TPSA) is 58.1 Å². The highest BCUT2D eigenvalue weighted by Gasteiger charge is 2.34. The standard InChI is InChI=1S/C21H25F3N4O/c1-3-15-4-6-16(7-5-15)13-25-20(29)17-8-10-28(11-9-17)19-12-18(21(22,23)24)26-14(2)27-19/h4-7,12,17H,3,8-11,13H2,1-2H3,(H,25,29). The van der Waals surface area contributed by atoms with Gasteiger partial charge in [-0.15, -0.1) is 0 Å². The van der Waals surface area contributed by atoms with Gasteiger partial charge in [0.1, 0.15) is 17.3 Å². The van der Waals surface area contributed by atoms with Gasteiger partial charge < -0.3 is 10.2 Å². The number of carbonyl (C=O) groups excluding carboxylic acids is 1. The molecule has 1 amide bonds. The van der Waals surface area contributed by atoms with Crippen LogP contribution in [0.25, 0.3) is 0 Å². The van der Waals surface area contributed by atoms with Gasteiger partial charge in [-0.2, -0.15) is 13.2 Å². The Morgan fingerprint density at radius 3 is 2.34 bits per heavy atom. The molecular formula is C21H25F3N4O. The minimum absolute atomic E-state index is 0.0148. The van der Waals surface area contributed by atoms with Crippen LogP contribution >= 0.6 is 0 Å². The Morgan fingerprint density at radius 1 is 1.14 bits per heavy atom. The van der Waals surface area contributed by atoms with E-state index >= 15 is 0 Å². The number of alkyl halides is 3. The maximum Gasteiger partial charge on any atom is 0.433 e. The zero-order chi connectivity index (χ0) is 21.0. The molecule has 0 atom stereocenters. The fourth-order valence-corrected chi connectivity index (χ4v) is 3.46. The van der Waals surface area contributed by atoms with Gasteiger partial charge in [0.05, 0.1) is 0 Å². The van der Waals surface area contributed by atoms with E-state index in [-0.39, 0.29) is 23.5 Å². The molecule has 1 aliphatic heterocycles. The molecule has 1 saturated heterocycles. The Balaban J connectivity index is 1.54. The number of rotatable bonds is 5. The number of nitrogens with zero attached hydrogens (tertiary/aromatic N) is 3. The fraction of sp³-hybridized carbons (Fsp3) is 0.476. The Bertz CT molecular complexity index is 844. The highest BCUT2D eigenvalue weighted by Crippen LogP contribution is 2.31. The molecule has 156 valence electrons. The van der Waals surface area contributed by atoms with Crippen LogP contribution in [0.2, 0.25) is 0 Å². The Hall–Kier alpha value is -2.64. The van der Waals surface area contributed by atoms with Crippen molar-refractivity contribution in [3.63, 3.8) is 0 Å². The van der Waals surface area contributed by atoms with Crippen LogP contribution in [0.15, 0.2) is 30.3 Å². The predicted octanol–water partition coefficient (Wildman–Crippen LogP) is 3.90. The van der Waals surface area contributed by atoms with Crippen LogP contribution in [0, 0.1) is 12.8 Å². The van der Waals surface area contributed by atoms with Gasteiger partial charge >= 0.3 is 6.18 Å². The van der Waals surface area contributed by atoms with Gasteiger partial charge in [-0.1, -0.05) is 31.2 Å². The first-order valence-corrected chi connectivity index (χ1v) is 9.79. The number of carbonyl (C=O) groups is 1. The van der Waals surface area contributed by atoms with Crippen molar-refractivity contribution in [3.05, 3.63) is 53.0 Å². The molecule has 8 heteroatoms. The summed E-state index contributed by atoms with van der Waals surface area (Å²) in [4.78, 5) is 21.9. The van der Waals surface area contributed by atoms with Gasteiger partial charge in [0.25, 0.3) is 0 Å². The van der Waals surface area contributed by atoms with Crippen molar-refractivity contribution in [2.45, 2.75) is 45.8 Å². The predicted molar refractivity (Wildman–Crippen MR) is 104 cm³/mol. The highest BCUT2D eigenvalue weighted by molar-refractivity contribution is 5.79. The minimum atomic E-state index is -4.50. The van der Waals surface area contributed by atoms with E-state index in [0.717, 1.165) is 18.1 Å². The van der Waals surface area contributed by atoms with Crippen molar-refractivity contribution >= 4 is 11.7 Å². The van der Waals surface area contributed by atoms with E-state index in [9.17, 15) is 18.0 Å². The van der Waals surface area contributed by atoms with Crippen LogP contribution in [0.4, 0.5) is 19.0 Å². The average molecular weight is 406 g/mol. The molecule has 0 radical (unpaired) electrons. The molecule has 1 aromatic carbocycles. The summed E-state index contributed by atoms with van der Waals surface area (Å²) in [5, 5.41) is 2.97. The lowest BCUT2D eigenvalue weighted by atomic mass is 9.95. The SMILES string of the molecule is CCc1ccc(CNC(=O)C2CCN(c3cc(C(F)(F)F)nc(C)n3)CC2)cc1.